The van der Waals surface area contributed by atoms with Gasteiger partial charge in [0, 0.05) is 19.1 Å². The molecule has 0 unspecified atom stereocenters. The summed E-state index contributed by atoms with van der Waals surface area (Å²) in [4.78, 5) is 1.08. The van der Waals surface area contributed by atoms with Gasteiger partial charge in [-0.15, -0.1) is 0 Å². The number of hydrogen-bond acceptors (Lipinski definition) is 8. The van der Waals surface area contributed by atoms with Gasteiger partial charge in [-0.3, -0.25) is 0 Å². The van der Waals surface area contributed by atoms with E-state index in [4.69, 9.17) is 32.8 Å². The largest absolute Gasteiger partial charge is 0.414 e. The first-order valence-electron chi connectivity index (χ1n) is 12.2. The van der Waals surface area contributed by atoms with Crippen LogP contribution in [0.4, 0.5) is 0 Å². The van der Waals surface area contributed by atoms with Gasteiger partial charge in [-0.1, -0.05) is 60.3 Å². The first kappa shape index (κ1) is 27.8. The lowest BCUT2D eigenvalue weighted by molar-refractivity contribution is -0.471. The SMILES string of the molecule is CO[C@@]1(C)O[C@@H]2[C@@H](OCc3ccccc3)[C@H](Sc3ccccc3)O[C@H](CO[Si](C)C)[C@H]2O[C@]1(C)OC. The molecule has 0 aliphatic carbocycles. The highest BCUT2D eigenvalue weighted by molar-refractivity contribution is 7.99. The van der Waals surface area contributed by atoms with Crippen LogP contribution >= 0.6 is 11.8 Å². The summed E-state index contributed by atoms with van der Waals surface area (Å²) in [6.45, 7) is 8.67. The average Bonchev–Trinajstić information content (AvgIpc) is 2.89. The first-order valence-corrected chi connectivity index (χ1v) is 15.5. The van der Waals surface area contributed by atoms with Crippen molar-refractivity contribution in [1.82, 2.24) is 0 Å². The summed E-state index contributed by atoms with van der Waals surface area (Å²) in [5.74, 6) is -2.31. The highest BCUT2D eigenvalue weighted by Gasteiger charge is 2.62. The van der Waals surface area contributed by atoms with Crippen molar-refractivity contribution in [2.45, 2.75) is 79.9 Å². The normalized spacial score (nSPS) is 34.5. The molecule has 36 heavy (non-hydrogen) atoms. The average molecular weight is 534 g/mol. The number of fused-ring (bicyclic) bond motifs is 1. The molecular weight excluding hydrogens is 496 g/mol. The summed E-state index contributed by atoms with van der Waals surface area (Å²) in [5.41, 5.74) is 0.715. The lowest BCUT2D eigenvalue weighted by Gasteiger charge is -2.57. The molecule has 0 aromatic heterocycles. The Morgan fingerprint density at radius 1 is 0.861 bits per heavy atom. The monoisotopic (exact) mass is 533 g/mol. The fourth-order valence-electron chi connectivity index (χ4n) is 4.41. The van der Waals surface area contributed by atoms with Gasteiger partial charge in [0.25, 0.3) is 0 Å². The minimum Gasteiger partial charge on any atom is -0.414 e. The molecule has 0 N–H and O–H groups in total. The Kier molecular flexibility index (Phi) is 9.30. The van der Waals surface area contributed by atoms with E-state index in [-0.39, 0.29) is 11.5 Å². The Balaban J connectivity index is 1.68. The second-order valence-corrected chi connectivity index (χ2v) is 12.7. The van der Waals surface area contributed by atoms with Crippen molar-refractivity contribution in [3.05, 3.63) is 66.2 Å². The Labute approximate surface area is 220 Å². The smallest absolute Gasteiger partial charge is 0.220 e. The Bertz CT molecular complexity index is 952. The van der Waals surface area contributed by atoms with Gasteiger partial charge in [-0.05, 0) is 44.6 Å². The van der Waals surface area contributed by atoms with Crippen molar-refractivity contribution >= 4 is 20.8 Å². The molecule has 1 radical (unpaired) electrons. The summed E-state index contributed by atoms with van der Waals surface area (Å²) in [5, 5.41) is 0. The Morgan fingerprint density at radius 3 is 2.03 bits per heavy atom. The zero-order chi connectivity index (χ0) is 25.8. The fourth-order valence-corrected chi connectivity index (χ4v) is 6.06. The molecule has 197 valence electrons. The summed E-state index contributed by atoms with van der Waals surface area (Å²) >= 11 is 1.61. The van der Waals surface area contributed by atoms with Crippen LogP contribution in [0.15, 0.2) is 65.6 Å². The van der Waals surface area contributed by atoms with E-state index in [0.717, 1.165) is 10.5 Å². The van der Waals surface area contributed by atoms with Crippen molar-refractivity contribution in [3.8, 4) is 0 Å². The maximum Gasteiger partial charge on any atom is 0.220 e. The minimum absolute atomic E-state index is 0.355. The van der Waals surface area contributed by atoms with Crippen molar-refractivity contribution in [1.29, 1.82) is 0 Å². The van der Waals surface area contributed by atoms with Crippen LogP contribution in [-0.2, 0) is 39.5 Å². The molecule has 0 amide bonds. The highest BCUT2D eigenvalue weighted by Crippen LogP contribution is 2.46. The third-order valence-electron chi connectivity index (χ3n) is 6.73. The molecule has 9 heteroatoms. The van der Waals surface area contributed by atoms with Gasteiger partial charge in [-0.2, -0.15) is 0 Å². The van der Waals surface area contributed by atoms with Gasteiger partial charge in [0.2, 0.25) is 20.6 Å². The topological polar surface area (TPSA) is 64.6 Å². The molecule has 2 aromatic carbocycles. The Hall–Kier alpha value is -1.27. The molecule has 2 saturated heterocycles. The number of rotatable bonds is 10. The molecule has 2 aliphatic rings. The number of hydrogen-bond donors (Lipinski definition) is 0. The number of thioether (sulfide) groups is 1. The number of benzene rings is 2. The van der Waals surface area contributed by atoms with E-state index in [1.807, 2.05) is 62.4 Å². The van der Waals surface area contributed by atoms with Gasteiger partial charge in [0.1, 0.15) is 29.9 Å². The van der Waals surface area contributed by atoms with Crippen LogP contribution < -0.4 is 0 Å². The lowest BCUT2D eigenvalue weighted by Crippen LogP contribution is -2.73. The van der Waals surface area contributed by atoms with Gasteiger partial charge in [0.05, 0.1) is 13.2 Å². The standard InChI is InChI=1S/C27H37O7SSi/c1-26(28-3)27(2,29-4)34-23-22(33-26)21(18-31-36(5)6)32-25(35-20-15-11-8-12-16-20)24(23)30-17-19-13-9-7-10-14-19/h7-16,21-25H,17-18H2,1-6H3/t21-,22-,23+,24-,25+,26+,27+/m1/s1. The predicted molar refractivity (Wildman–Crippen MR) is 140 cm³/mol. The molecule has 0 bridgehead atoms. The molecule has 0 spiro atoms. The van der Waals surface area contributed by atoms with Gasteiger partial charge in [-0.25, -0.2) is 0 Å². The molecule has 2 heterocycles. The van der Waals surface area contributed by atoms with Crippen LogP contribution in [0.5, 0.6) is 0 Å². The van der Waals surface area contributed by atoms with Gasteiger partial charge < -0.3 is 32.8 Å². The van der Waals surface area contributed by atoms with Crippen LogP contribution in [0.1, 0.15) is 19.4 Å². The van der Waals surface area contributed by atoms with Gasteiger partial charge in [0.15, 0.2) is 0 Å². The van der Waals surface area contributed by atoms with E-state index in [1.165, 1.54) is 0 Å². The van der Waals surface area contributed by atoms with Crippen molar-refractivity contribution in [2.24, 2.45) is 0 Å². The van der Waals surface area contributed by atoms with Crippen molar-refractivity contribution < 1.29 is 32.8 Å². The van der Waals surface area contributed by atoms with Crippen molar-refractivity contribution in [3.63, 3.8) is 0 Å². The van der Waals surface area contributed by atoms with E-state index in [9.17, 15) is 0 Å². The van der Waals surface area contributed by atoms with Crippen LogP contribution in [0, 0.1) is 0 Å². The molecule has 7 nitrogen and oxygen atoms in total. The molecule has 2 aromatic rings. The molecular formula is C27H37O7SSi. The summed E-state index contributed by atoms with van der Waals surface area (Å²) < 4.78 is 44.3. The second kappa shape index (κ2) is 12.1. The van der Waals surface area contributed by atoms with Crippen LogP contribution in [-0.4, -0.2) is 71.3 Å². The van der Waals surface area contributed by atoms with Crippen LogP contribution in [0.2, 0.25) is 13.1 Å². The van der Waals surface area contributed by atoms with E-state index in [2.05, 4.69) is 25.2 Å². The zero-order valence-electron chi connectivity index (χ0n) is 21.8. The minimum atomic E-state index is -1.16. The molecule has 2 aliphatic heterocycles. The predicted octanol–water partition coefficient (Wildman–Crippen LogP) is 4.87. The summed E-state index contributed by atoms with van der Waals surface area (Å²) in [7, 11) is 2.25. The van der Waals surface area contributed by atoms with E-state index in [1.54, 1.807) is 26.0 Å². The first-order chi connectivity index (χ1) is 17.3. The molecule has 7 atom stereocenters. The molecule has 2 fully saturated rings. The third kappa shape index (κ3) is 6.06. The van der Waals surface area contributed by atoms with E-state index >= 15 is 0 Å². The summed E-state index contributed by atoms with van der Waals surface area (Å²) in [6, 6.07) is 20.3. The van der Waals surface area contributed by atoms with Crippen LogP contribution in [0.3, 0.4) is 0 Å². The Morgan fingerprint density at radius 2 is 1.44 bits per heavy atom. The number of ether oxygens (including phenoxy) is 6. The van der Waals surface area contributed by atoms with E-state index in [0.29, 0.717) is 13.2 Å². The maximum atomic E-state index is 6.70. The van der Waals surface area contributed by atoms with Crippen molar-refractivity contribution in [2.75, 3.05) is 20.8 Å². The highest BCUT2D eigenvalue weighted by atomic mass is 32.2. The zero-order valence-corrected chi connectivity index (χ0v) is 23.7. The molecule has 0 saturated carbocycles. The lowest BCUT2D eigenvalue weighted by atomic mass is 9.94. The van der Waals surface area contributed by atoms with Crippen LogP contribution in [0.25, 0.3) is 0 Å². The van der Waals surface area contributed by atoms with E-state index < -0.39 is 38.9 Å². The fraction of sp³-hybridized carbons (Fsp3) is 0.556. The maximum absolute atomic E-state index is 6.70. The quantitative estimate of drug-likeness (QED) is 0.401. The second-order valence-electron chi connectivity index (χ2n) is 9.42. The summed E-state index contributed by atoms with van der Waals surface area (Å²) in [6.07, 6.45) is -1.77. The third-order valence-corrected chi connectivity index (χ3v) is 8.63. The number of methoxy groups -OCH3 is 2. The van der Waals surface area contributed by atoms with Gasteiger partial charge >= 0.3 is 0 Å². The molecule has 4 rings (SSSR count).